The number of ether oxygens (including phenoxy) is 1. The second-order valence-corrected chi connectivity index (χ2v) is 7.09. The summed E-state index contributed by atoms with van der Waals surface area (Å²) in [5.74, 6) is 0.759. The Morgan fingerprint density at radius 2 is 1.95 bits per heavy atom. The zero-order chi connectivity index (χ0) is 13.3. The van der Waals surface area contributed by atoms with Crippen molar-refractivity contribution < 1.29 is 4.74 Å². The lowest BCUT2D eigenvalue weighted by molar-refractivity contribution is -0.0728. The highest BCUT2D eigenvalue weighted by molar-refractivity contribution is 4.94. The molecule has 3 fully saturated rings. The van der Waals surface area contributed by atoms with Gasteiger partial charge < -0.3 is 10.5 Å². The first-order valence-corrected chi connectivity index (χ1v) is 8.34. The highest BCUT2D eigenvalue weighted by atomic mass is 16.5. The van der Waals surface area contributed by atoms with Crippen molar-refractivity contribution >= 4 is 0 Å². The molecule has 1 aliphatic carbocycles. The Morgan fingerprint density at radius 1 is 1.16 bits per heavy atom. The average molecular weight is 266 g/mol. The molecule has 2 aliphatic heterocycles. The van der Waals surface area contributed by atoms with Gasteiger partial charge in [0.1, 0.15) is 0 Å². The molecule has 3 atom stereocenters. The van der Waals surface area contributed by atoms with Crippen LogP contribution >= 0.6 is 0 Å². The van der Waals surface area contributed by atoms with Crippen LogP contribution in [0, 0.1) is 5.92 Å². The molecular weight excluding hydrogens is 236 g/mol. The van der Waals surface area contributed by atoms with E-state index in [1.54, 1.807) is 0 Å². The molecule has 2 heterocycles. The van der Waals surface area contributed by atoms with Crippen LogP contribution in [0.25, 0.3) is 0 Å². The van der Waals surface area contributed by atoms with Crippen molar-refractivity contribution in [2.45, 2.75) is 76.0 Å². The van der Waals surface area contributed by atoms with Crippen LogP contribution in [0.2, 0.25) is 0 Å². The van der Waals surface area contributed by atoms with Gasteiger partial charge in [-0.15, -0.1) is 0 Å². The summed E-state index contributed by atoms with van der Waals surface area (Å²) < 4.78 is 6.50. The molecule has 1 saturated carbocycles. The third-order valence-electron chi connectivity index (χ3n) is 5.78. The lowest BCUT2D eigenvalue weighted by atomic mass is 9.83. The molecule has 0 radical (unpaired) electrons. The van der Waals surface area contributed by atoms with Crippen molar-refractivity contribution in [3.63, 3.8) is 0 Å². The first kappa shape index (κ1) is 13.8. The number of hydrogen-bond acceptors (Lipinski definition) is 3. The summed E-state index contributed by atoms with van der Waals surface area (Å²) >= 11 is 0. The summed E-state index contributed by atoms with van der Waals surface area (Å²) in [5.41, 5.74) is 6.21. The van der Waals surface area contributed by atoms with E-state index in [2.05, 4.69) is 11.8 Å². The number of rotatable bonds is 3. The largest absolute Gasteiger partial charge is 0.370 e. The van der Waals surface area contributed by atoms with Gasteiger partial charge in [-0.3, -0.25) is 4.90 Å². The van der Waals surface area contributed by atoms with Crippen molar-refractivity contribution in [2.75, 3.05) is 19.6 Å². The zero-order valence-corrected chi connectivity index (χ0v) is 12.4. The van der Waals surface area contributed by atoms with Crippen molar-refractivity contribution in [3.05, 3.63) is 0 Å². The second kappa shape index (κ2) is 5.71. The van der Waals surface area contributed by atoms with Gasteiger partial charge in [0, 0.05) is 19.1 Å². The predicted molar refractivity (Wildman–Crippen MR) is 78.1 cm³/mol. The van der Waals surface area contributed by atoms with Crippen molar-refractivity contribution in [1.29, 1.82) is 0 Å². The monoisotopic (exact) mass is 266 g/mol. The highest BCUT2D eigenvalue weighted by Gasteiger charge is 2.42. The molecule has 0 aromatic carbocycles. The van der Waals surface area contributed by atoms with Crippen LogP contribution in [0.5, 0.6) is 0 Å². The fourth-order valence-electron chi connectivity index (χ4n) is 4.55. The zero-order valence-electron chi connectivity index (χ0n) is 12.4. The normalized spacial score (nSPS) is 39.2. The van der Waals surface area contributed by atoms with E-state index >= 15 is 0 Å². The molecule has 3 nitrogen and oxygen atoms in total. The second-order valence-electron chi connectivity index (χ2n) is 7.09. The number of likely N-dealkylation sites (tertiary alicyclic amines) is 1. The van der Waals surface area contributed by atoms with Gasteiger partial charge in [0.05, 0.1) is 11.7 Å². The summed E-state index contributed by atoms with van der Waals surface area (Å²) in [6.45, 7) is 5.48. The Hall–Kier alpha value is -0.120. The molecule has 0 aromatic rings. The molecule has 0 aromatic heterocycles. The molecule has 2 N–H and O–H groups in total. The van der Waals surface area contributed by atoms with Gasteiger partial charge >= 0.3 is 0 Å². The summed E-state index contributed by atoms with van der Waals surface area (Å²) in [4.78, 5) is 2.59. The van der Waals surface area contributed by atoms with E-state index in [1.165, 1.54) is 57.9 Å². The van der Waals surface area contributed by atoms with Crippen LogP contribution < -0.4 is 5.73 Å². The van der Waals surface area contributed by atoms with E-state index in [-0.39, 0.29) is 5.60 Å². The molecule has 0 amide bonds. The van der Waals surface area contributed by atoms with Gasteiger partial charge in [-0.05, 0) is 44.6 Å². The van der Waals surface area contributed by atoms with E-state index in [0.29, 0.717) is 12.1 Å². The molecular formula is C16H30N2O. The molecule has 3 heteroatoms. The van der Waals surface area contributed by atoms with E-state index in [4.69, 9.17) is 10.5 Å². The van der Waals surface area contributed by atoms with Crippen molar-refractivity contribution in [3.8, 4) is 0 Å². The number of nitrogens with zero attached hydrogens (tertiary/aromatic N) is 1. The molecule has 2 saturated heterocycles. The van der Waals surface area contributed by atoms with Crippen LogP contribution in [-0.4, -0.2) is 42.3 Å². The summed E-state index contributed by atoms with van der Waals surface area (Å²) in [6, 6.07) is 0.589. The lowest BCUT2D eigenvalue weighted by Gasteiger charge is -2.34. The van der Waals surface area contributed by atoms with E-state index in [9.17, 15) is 0 Å². The Morgan fingerprint density at radius 3 is 2.68 bits per heavy atom. The van der Waals surface area contributed by atoms with E-state index in [0.717, 1.165) is 19.0 Å². The van der Waals surface area contributed by atoms with Crippen LogP contribution in [0.15, 0.2) is 0 Å². The molecule has 110 valence electrons. The van der Waals surface area contributed by atoms with Crippen LogP contribution in [-0.2, 0) is 4.74 Å². The van der Waals surface area contributed by atoms with Crippen molar-refractivity contribution in [1.82, 2.24) is 4.90 Å². The standard InChI is InChI=1S/C16H30N2O/c1-13-6-10-18(15(13)11-17)12-14-5-9-16(19-14)7-3-2-4-8-16/h13-15H,2-12,17H2,1H3. The highest BCUT2D eigenvalue weighted by Crippen LogP contribution is 2.42. The minimum atomic E-state index is 0.270. The first-order valence-electron chi connectivity index (χ1n) is 8.34. The van der Waals surface area contributed by atoms with Crippen molar-refractivity contribution in [2.24, 2.45) is 11.7 Å². The Bertz CT molecular complexity index is 301. The number of nitrogens with two attached hydrogens (primary N) is 1. The van der Waals surface area contributed by atoms with Gasteiger partial charge in [-0.25, -0.2) is 0 Å². The van der Waals surface area contributed by atoms with E-state index in [1.807, 2.05) is 0 Å². The Labute approximate surface area is 117 Å². The van der Waals surface area contributed by atoms with Gasteiger partial charge in [-0.1, -0.05) is 26.2 Å². The third kappa shape index (κ3) is 2.84. The first-order chi connectivity index (χ1) is 9.22. The minimum absolute atomic E-state index is 0.270. The quantitative estimate of drug-likeness (QED) is 0.853. The molecule has 19 heavy (non-hydrogen) atoms. The number of hydrogen-bond donors (Lipinski definition) is 1. The summed E-state index contributed by atoms with van der Waals surface area (Å²) in [7, 11) is 0. The molecule has 3 aliphatic rings. The summed E-state index contributed by atoms with van der Waals surface area (Å²) in [6.07, 6.45) is 11.1. The van der Waals surface area contributed by atoms with Crippen LogP contribution in [0.4, 0.5) is 0 Å². The molecule has 3 unspecified atom stereocenters. The maximum atomic E-state index is 6.50. The summed E-state index contributed by atoms with van der Waals surface area (Å²) in [5, 5.41) is 0. The maximum absolute atomic E-state index is 6.50. The average Bonchev–Trinajstić information content (AvgIpc) is 2.96. The fourth-order valence-corrected chi connectivity index (χ4v) is 4.55. The molecule has 1 spiro atoms. The Balaban J connectivity index is 1.54. The lowest BCUT2D eigenvalue weighted by Crippen LogP contribution is -2.43. The topological polar surface area (TPSA) is 38.5 Å². The van der Waals surface area contributed by atoms with Crippen LogP contribution in [0.3, 0.4) is 0 Å². The van der Waals surface area contributed by atoms with E-state index < -0.39 is 0 Å². The SMILES string of the molecule is CC1CCN(CC2CCC3(CCCCC3)O2)C1CN. The minimum Gasteiger partial charge on any atom is -0.370 e. The van der Waals surface area contributed by atoms with Gasteiger partial charge in [0.2, 0.25) is 0 Å². The van der Waals surface area contributed by atoms with Gasteiger partial charge in [-0.2, -0.15) is 0 Å². The third-order valence-corrected chi connectivity index (χ3v) is 5.78. The van der Waals surface area contributed by atoms with Gasteiger partial charge in [0.25, 0.3) is 0 Å². The predicted octanol–water partition coefficient (Wildman–Crippen LogP) is 2.54. The van der Waals surface area contributed by atoms with Crippen LogP contribution in [0.1, 0.15) is 58.3 Å². The smallest absolute Gasteiger partial charge is 0.0710 e. The van der Waals surface area contributed by atoms with Gasteiger partial charge in [0.15, 0.2) is 0 Å². The molecule has 0 bridgehead atoms. The fraction of sp³-hybridized carbons (Fsp3) is 1.00. The molecule has 3 rings (SSSR count). The maximum Gasteiger partial charge on any atom is 0.0710 e. The Kier molecular flexibility index (Phi) is 4.16.